The van der Waals surface area contributed by atoms with E-state index in [1.807, 2.05) is 27.4 Å². The molecule has 0 spiro atoms. The number of nitrogens with zero attached hydrogens (tertiary/aromatic N) is 3. The Bertz CT molecular complexity index is 687. The van der Waals surface area contributed by atoms with Crippen LogP contribution in [0.15, 0.2) is 12.7 Å². The molecule has 0 unspecified atom stereocenters. The van der Waals surface area contributed by atoms with Gasteiger partial charge in [0.25, 0.3) is 5.91 Å². The van der Waals surface area contributed by atoms with Crippen LogP contribution in [-0.4, -0.2) is 57.3 Å². The van der Waals surface area contributed by atoms with E-state index in [0.717, 1.165) is 43.9 Å². The number of amides is 1. The number of rotatable bonds is 5. The van der Waals surface area contributed by atoms with Crippen LogP contribution >= 0.6 is 11.8 Å². The van der Waals surface area contributed by atoms with Crippen molar-refractivity contribution < 1.29 is 4.79 Å². The summed E-state index contributed by atoms with van der Waals surface area (Å²) in [5.74, 6) is 2.20. The topological polar surface area (TPSA) is 50.2 Å². The molecule has 0 aromatic carbocycles. The molecular formula is C22H34N4OS. The molecule has 2 aliphatic carbocycles. The van der Waals surface area contributed by atoms with Crippen molar-refractivity contribution in [2.45, 2.75) is 76.4 Å². The number of aromatic nitrogens is 2. The molecule has 2 fully saturated rings. The van der Waals surface area contributed by atoms with Crippen LogP contribution in [0, 0.1) is 0 Å². The predicted molar refractivity (Wildman–Crippen MR) is 116 cm³/mol. The molecule has 1 saturated carbocycles. The number of thioether (sulfide) groups is 1. The van der Waals surface area contributed by atoms with Crippen molar-refractivity contribution in [1.82, 2.24) is 20.0 Å². The summed E-state index contributed by atoms with van der Waals surface area (Å²) in [6.07, 6.45) is 13.0. The SMILES string of the molecule is C=CCn1nc(C(=O)N2CCSCC2)c2c1CC[C@@H](NC1CCCCCC1)C2. The van der Waals surface area contributed by atoms with Gasteiger partial charge in [-0.05, 0) is 32.1 Å². The van der Waals surface area contributed by atoms with Gasteiger partial charge in [0.2, 0.25) is 0 Å². The van der Waals surface area contributed by atoms with E-state index >= 15 is 0 Å². The van der Waals surface area contributed by atoms with Crippen molar-refractivity contribution in [2.75, 3.05) is 24.6 Å². The van der Waals surface area contributed by atoms with Crippen molar-refractivity contribution in [3.8, 4) is 0 Å². The maximum absolute atomic E-state index is 13.2. The zero-order valence-corrected chi connectivity index (χ0v) is 17.8. The van der Waals surface area contributed by atoms with Gasteiger partial charge in [0.05, 0.1) is 6.54 Å². The molecule has 5 nitrogen and oxygen atoms in total. The Kier molecular flexibility index (Phi) is 6.78. The normalized spacial score (nSPS) is 23.9. The van der Waals surface area contributed by atoms with Crippen LogP contribution in [0.4, 0.5) is 0 Å². The molecule has 1 atom stereocenters. The van der Waals surface area contributed by atoms with E-state index < -0.39 is 0 Å². The number of fused-ring (bicyclic) bond motifs is 1. The van der Waals surface area contributed by atoms with Gasteiger partial charge in [0.1, 0.15) is 0 Å². The molecule has 1 saturated heterocycles. The van der Waals surface area contributed by atoms with Gasteiger partial charge >= 0.3 is 0 Å². The first-order valence-electron chi connectivity index (χ1n) is 11.1. The number of allylic oxidation sites excluding steroid dienone is 1. The number of nitrogens with one attached hydrogen (secondary N) is 1. The monoisotopic (exact) mass is 402 g/mol. The Labute approximate surface area is 173 Å². The van der Waals surface area contributed by atoms with Crippen LogP contribution in [-0.2, 0) is 19.4 Å². The molecule has 3 aliphatic rings. The summed E-state index contributed by atoms with van der Waals surface area (Å²) in [5, 5.41) is 8.71. The van der Waals surface area contributed by atoms with Gasteiger partial charge in [-0.3, -0.25) is 9.48 Å². The molecule has 28 heavy (non-hydrogen) atoms. The summed E-state index contributed by atoms with van der Waals surface area (Å²) in [4.78, 5) is 15.2. The summed E-state index contributed by atoms with van der Waals surface area (Å²) in [6, 6.07) is 1.12. The molecule has 1 aromatic heterocycles. The quantitative estimate of drug-likeness (QED) is 0.606. The van der Waals surface area contributed by atoms with Crippen molar-refractivity contribution in [3.05, 3.63) is 29.6 Å². The fourth-order valence-electron chi connectivity index (χ4n) is 4.97. The molecule has 2 heterocycles. The average Bonchev–Trinajstić information content (AvgIpc) is 2.89. The predicted octanol–water partition coefficient (Wildman–Crippen LogP) is 3.43. The summed E-state index contributed by atoms with van der Waals surface area (Å²) >= 11 is 1.93. The smallest absolute Gasteiger partial charge is 0.274 e. The summed E-state index contributed by atoms with van der Waals surface area (Å²) < 4.78 is 2.02. The number of carbonyl (C=O) groups is 1. The molecule has 4 rings (SSSR count). The highest BCUT2D eigenvalue weighted by atomic mass is 32.2. The van der Waals surface area contributed by atoms with Crippen LogP contribution in [0.1, 0.15) is 66.7 Å². The van der Waals surface area contributed by atoms with E-state index in [-0.39, 0.29) is 5.91 Å². The van der Waals surface area contributed by atoms with E-state index in [4.69, 9.17) is 5.10 Å². The second-order valence-electron chi connectivity index (χ2n) is 8.44. The van der Waals surface area contributed by atoms with E-state index in [2.05, 4.69) is 11.9 Å². The highest BCUT2D eigenvalue weighted by Crippen LogP contribution is 2.28. The fraction of sp³-hybridized carbons (Fsp3) is 0.727. The van der Waals surface area contributed by atoms with Crippen molar-refractivity contribution in [2.24, 2.45) is 0 Å². The lowest BCUT2D eigenvalue weighted by Crippen LogP contribution is -2.42. The summed E-state index contributed by atoms with van der Waals surface area (Å²) in [6.45, 7) is 6.25. The van der Waals surface area contributed by atoms with Gasteiger partial charge < -0.3 is 10.2 Å². The summed E-state index contributed by atoms with van der Waals surface area (Å²) in [7, 11) is 0. The molecule has 1 aliphatic heterocycles. The maximum atomic E-state index is 13.2. The van der Waals surface area contributed by atoms with Crippen molar-refractivity contribution in [1.29, 1.82) is 0 Å². The maximum Gasteiger partial charge on any atom is 0.274 e. The van der Waals surface area contributed by atoms with Crippen LogP contribution in [0.3, 0.4) is 0 Å². The summed E-state index contributed by atoms with van der Waals surface area (Å²) in [5.41, 5.74) is 3.16. The first-order valence-corrected chi connectivity index (χ1v) is 12.2. The van der Waals surface area contributed by atoms with E-state index in [1.165, 1.54) is 49.8 Å². The average molecular weight is 403 g/mol. The second-order valence-corrected chi connectivity index (χ2v) is 9.67. The Morgan fingerprint density at radius 3 is 2.61 bits per heavy atom. The Balaban J connectivity index is 1.52. The number of hydrogen-bond donors (Lipinski definition) is 1. The Morgan fingerprint density at radius 1 is 1.14 bits per heavy atom. The standard InChI is InChI=1S/C22H34N4OS/c1-2-11-26-20-10-9-18(23-17-7-5-3-4-6-8-17)16-19(20)21(24-26)22(27)25-12-14-28-15-13-25/h2,17-18,23H,1,3-16H2/t18-/m1/s1. The van der Waals surface area contributed by atoms with Crippen LogP contribution in [0.2, 0.25) is 0 Å². The molecular weight excluding hydrogens is 368 g/mol. The minimum atomic E-state index is 0.134. The zero-order valence-electron chi connectivity index (χ0n) is 17.0. The molecule has 6 heteroatoms. The first kappa shape index (κ1) is 20.0. The van der Waals surface area contributed by atoms with Gasteiger partial charge in [-0.2, -0.15) is 16.9 Å². The lowest BCUT2D eigenvalue weighted by molar-refractivity contribution is 0.0764. The van der Waals surface area contributed by atoms with Gasteiger partial charge in [-0.1, -0.05) is 31.8 Å². The van der Waals surface area contributed by atoms with Crippen LogP contribution < -0.4 is 5.32 Å². The number of hydrogen-bond acceptors (Lipinski definition) is 4. The van der Waals surface area contributed by atoms with E-state index in [0.29, 0.717) is 24.3 Å². The first-order chi connectivity index (χ1) is 13.8. The fourth-order valence-corrected chi connectivity index (χ4v) is 5.87. The van der Waals surface area contributed by atoms with Gasteiger partial charge in [-0.25, -0.2) is 0 Å². The molecule has 1 amide bonds. The van der Waals surface area contributed by atoms with E-state index in [9.17, 15) is 4.79 Å². The Hall–Kier alpha value is -1.27. The molecule has 0 radical (unpaired) electrons. The third-order valence-electron chi connectivity index (χ3n) is 6.48. The third-order valence-corrected chi connectivity index (χ3v) is 7.42. The largest absolute Gasteiger partial charge is 0.336 e. The minimum Gasteiger partial charge on any atom is -0.336 e. The van der Waals surface area contributed by atoms with Gasteiger partial charge in [-0.15, -0.1) is 6.58 Å². The van der Waals surface area contributed by atoms with E-state index in [1.54, 1.807) is 0 Å². The number of carbonyl (C=O) groups excluding carboxylic acids is 1. The lowest BCUT2D eigenvalue weighted by atomic mass is 9.90. The van der Waals surface area contributed by atoms with Gasteiger partial charge in [0, 0.05) is 47.9 Å². The van der Waals surface area contributed by atoms with Crippen molar-refractivity contribution >= 4 is 17.7 Å². The highest BCUT2D eigenvalue weighted by Gasteiger charge is 2.32. The van der Waals surface area contributed by atoms with Crippen LogP contribution in [0.25, 0.3) is 0 Å². The van der Waals surface area contributed by atoms with Crippen LogP contribution in [0.5, 0.6) is 0 Å². The molecule has 0 bridgehead atoms. The second kappa shape index (κ2) is 9.49. The lowest BCUT2D eigenvalue weighted by Gasteiger charge is -2.30. The molecule has 1 aromatic rings. The highest BCUT2D eigenvalue weighted by molar-refractivity contribution is 7.99. The van der Waals surface area contributed by atoms with Crippen molar-refractivity contribution in [3.63, 3.8) is 0 Å². The molecule has 1 N–H and O–H groups in total. The van der Waals surface area contributed by atoms with Gasteiger partial charge in [0.15, 0.2) is 5.69 Å². The zero-order chi connectivity index (χ0) is 19.3. The minimum absolute atomic E-state index is 0.134. The Morgan fingerprint density at radius 2 is 1.89 bits per heavy atom. The third kappa shape index (κ3) is 4.48. The molecule has 154 valence electrons.